The van der Waals surface area contributed by atoms with Crippen LogP contribution in [0.4, 0.5) is 0 Å². The minimum atomic E-state index is -0.136. The van der Waals surface area contributed by atoms with Crippen molar-refractivity contribution in [2.24, 2.45) is 0 Å². The molecule has 12 heteroatoms. The second kappa shape index (κ2) is 8.12. The third kappa shape index (κ3) is 4.02. The van der Waals surface area contributed by atoms with Crippen LogP contribution in [-0.4, -0.2) is 40.8 Å². The molecule has 0 atom stereocenters. The molecule has 0 fully saturated rings. The summed E-state index contributed by atoms with van der Waals surface area (Å²) in [5, 5.41) is 8.83. The van der Waals surface area contributed by atoms with Crippen LogP contribution in [0, 0.1) is 0 Å². The molecule has 144 valence electrons. The van der Waals surface area contributed by atoms with E-state index in [1.54, 1.807) is 6.07 Å². The quantitative estimate of drug-likeness (QED) is 0.371. The van der Waals surface area contributed by atoms with Gasteiger partial charge >= 0.3 is 0 Å². The Hall–Kier alpha value is -2.07. The smallest absolute Gasteiger partial charge is 0.179 e. The molecule has 4 aromatic rings. The highest BCUT2D eigenvalue weighted by atomic mass is 79.9. The fourth-order valence-electron chi connectivity index (χ4n) is 2.29. The average molecular weight is 505 g/mol. The van der Waals surface area contributed by atoms with Crippen LogP contribution in [0.25, 0.3) is 11.3 Å². The lowest BCUT2D eigenvalue weighted by Crippen LogP contribution is -2.02. The van der Waals surface area contributed by atoms with Crippen LogP contribution in [-0.2, 0) is 0 Å². The van der Waals surface area contributed by atoms with Gasteiger partial charge in [-0.3, -0.25) is 9.59 Å². The first-order valence-electron chi connectivity index (χ1n) is 7.60. The van der Waals surface area contributed by atoms with Crippen molar-refractivity contribution in [1.29, 1.82) is 0 Å². The predicted octanol–water partition coefficient (Wildman–Crippen LogP) is 4.59. The second-order valence-electron chi connectivity index (χ2n) is 5.50. The molecule has 0 radical (unpaired) electrons. The van der Waals surface area contributed by atoms with E-state index in [1.807, 2.05) is 0 Å². The number of ketones is 2. The van der Waals surface area contributed by atoms with Gasteiger partial charge in [0.2, 0.25) is 0 Å². The number of hydrogen-bond donors (Lipinski definition) is 0. The number of hydrogen-bond acceptors (Lipinski definition) is 6. The van der Waals surface area contributed by atoms with E-state index < -0.39 is 0 Å². The highest BCUT2D eigenvalue weighted by Crippen LogP contribution is 2.21. The summed E-state index contributed by atoms with van der Waals surface area (Å²) < 4.78 is 3.48. The van der Waals surface area contributed by atoms with Crippen LogP contribution in [0.5, 0.6) is 0 Å². The maximum absolute atomic E-state index is 11.2. The van der Waals surface area contributed by atoms with Crippen molar-refractivity contribution in [3.63, 3.8) is 0 Å². The van der Waals surface area contributed by atoms with Crippen molar-refractivity contribution in [1.82, 2.24) is 29.2 Å². The average Bonchev–Trinajstić information content (AvgIpc) is 3.19. The van der Waals surface area contributed by atoms with Crippen molar-refractivity contribution in [3.8, 4) is 0 Å². The van der Waals surface area contributed by atoms with Crippen LogP contribution < -0.4 is 0 Å². The number of rotatable bonds is 2. The molecule has 0 N–H and O–H groups in total. The van der Waals surface area contributed by atoms with Gasteiger partial charge in [-0.15, -0.1) is 0 Å². The molecule has 28 heavy (non-hydrogen) atoms. The largest absolute Gasteiger partial charge is 0.293 e. The van der Waals surface area contributed by atoms with Crippen molar-refractivity contribution in [3.05, 3.63) is 55.7 Å². The number of carbonyl (C=O) groups excluding carboxylic acids is 2. The minimum Gasteiger partial charge on any atom is -0.293 e. The lowest BCUT2D eigenvalue weighted by atomic mass is 10.3. The Morgan fingerprint density at radius 1 is 0.857 bits per heavy atom. The lowest BCUT2D eigenvalue weighted by Gasteiger charge is -1.98. The molecule has 0 unspecified atom stereocenters. The van der Waals surface area contributed by atoms with E-state index in [2.05, 4.69) is 36.1 Å². The molecular weight excluding hydrogens is 494 g/mol. The highest BCUT2D eigenvalue weighted by Gasteiger charge is 2.13. The van der Waals surface area contributed by atoms with Gasteiger partial charge in [0.1, 0.15) is 11.4 Å². The van der Waals surface area contributed by atoms with Crippen LogP contribution in [0.15, 0.2) is 29.0 Å². The van der Waals surface area contributed by atoms with Gasteiger partial charge in [-0.25, -0.2) is 19.0 Å². The van der Waals surface area contributed by atoms with Crippen molar-refractivity contribution >= 4 is 73.6 Å². The molecule has 0 bridgehead atoms. The molecule has 4 aromatic heterocycles. The Bertz CT molecular complexity index is 1140. The maximum Gasteiger partial charge on any atom is 0.179 e. The van der Waals surface area contributed by atoms with Gasteiger partial charge in [-0.2, -0.15) is 10.2 Å². The molecule has 0 saturated heterocycles. The summed E-state index contributed by atoms with van der Waals surface area (Å²) >= 11 is 20.6. The molecule has 0 aromatic carbocycles. The lowest BCUT2D eigenvalue weighted by molar-refractivity contribution is 0.0998. The van der Waals surface area contributed by atoms with Gasteiger partial charge in [0.25, 0.3) is 0 Å². The number of halogens is 4. The molecule has 0 saturated carbocycles. The topological polar surface area (TPSA) is 94.5 Å². The zero-order valence-electron chi connectivity index (χ0n) is 14.3. The van der Waals surface area contributed by atoms with Gasteiger partial charge in [0, 0.05) is 13.8 Å². The number of Topliss-reactive ketones (excluding diaryl/α,β-unsaturated/α-hetero) is 2. The van der Waals surface area contributed by atoms with Gasteiger partial charge in [0.05, 0.1) is 21.9 Å². The number of carbonyl (C=O) groups is 2. The molecule has 0 aliphatic rings. The maximum atomic E-state index is 11.2. The first-order valence-corrected chi connectivity index (χ1v) is 9.53. The number of nitrogens with zero attached hydrogens (tertiary/aromatic N) is 6. The normalized spacial score (nSPS) is 10.8. The van der Waals surface area contributed by atoms with E-state index >= 15 is 0 Å². The third-order valence-corrected chi connectivity index (χ3v) is 4.74. The Morgan fingerprint density at radius 2 is 1.32 bits per heavy atom. The Labute approximate surface area is 181 Å². The van der Waals surface area contributed by atoms with E-state index in [0.29, 0.717) is 37.3 Å². The van der Waals surface area contributed by atoms with Gasteiger partial charge < -0.3 is 0 Å². The van der Waals surface area contributed by atoms with E-state index in [1.165, 1.54) is 41.3 Å². The standard InChI is InChI=1S/C8H5BrClN3O.C8H5Cl2N3O/c2*1-4(14)6-3-11-8-5(9)2-7(10)12-13(6)8/h2*2-3H,1H3. The number of aromatic nitrogens is 6. The summed E-state index contributed by atoms with van der Waals surface area (Å²) in [5.74, 6) is -0.234. The Kier molecular flexibility index (Phi) is 5.99. The van der Waals surface area contributed by atoms with Gasteiger partial charge in [0.15, 0.2) is 33.2 Å². The molecule has 0 aliphatic heterocycles. The van der Waals surface area contributed by atoms with Crippen LogP contribution in [0.3, 0.4) is 0 Å². The Balaban J connectivity index is 0.000000161. The second-order valence-corrected chi connectivity index (χ2v) is 7.54. The van der Waals surface area contributed by atoms with Crippen LogP contribution in [0.2, 0.25) is 15.3 Å². The predicted molar refractivity (Wildman–Crippen MR) is 109 cm³/mol. The fraction of sp³-hybridized carbons (Fsp3) is 0.125. The van der Waals surface area contributed by atoms with Gasteiger partial charge in [-0.05, 0) is 28.1 Å². The van der Waals surface area contributed by atoms with E-state index in [4.69, 9.17) is 34.8 Å². The van der Waals surface area contributed by atoms with Crippen molar-refractivity contribution in [2.45, 2.75) is 13.8 Å². The molecule has 0 aliphatic carbocycles. The summed E-state index contributed by atoms with van der Waals surface area (Å²) in [7, 11) is 0. The minimum absolute atomic E-state index is 0.0980. The molecule has 0 spiro atoms. The van der Waals surface area contributed by atoms with Crippen molar-refractivity contribution in [2.75, 3.05) is 0 Å². The highest BCUT2D eigenvalue weighted by molar-refractivity contribution is 9.10. The SMILES string of the molecule is CC(=O)c1cnc2c(Br)cc(Cl)nn12.CC(=O)c1cnc2c(Cl)cc(Cl)nn12. The van der Waals surface area contributed by atoms with Crippen LogP contribution >= 0.6 is 50.7 Å². The first-order chi connectivity index (χ1) is 13.2. The van der Waals surface area contributed by atoms with E-state index in [0.717, 1.165) is 0 Å². The van der Waals surface area contributed by atoms with Crippen molar-refractivity contribution < 1.29 is 9.59 Å². The van der Waals surface area contributed by atoms with Crippen LogP contribution in [0.1, 0.15) is 34.8 Å². The molecule has 0 amide bonds. The number of fused-ring (bicyclic) bond motifs is 2. The number of imidazole rings is 2. The zero-order chi connectivity index (χ0) is 20.6. The Morgan fingerprint density at radius 3 is 1.86 bits per heavy atom. The summed E-state index contributed by atoms with van der Waals surface area (Å²) in [6.45, 7) is 2.89. The first kappa shape index (κ1) is 20.7. The monoisotopic (exact) mass is 502 g/mol. The zero-order valence-corrected chi connectivity index (χ0v) is 18.2. The van der Waals surface area contributed by atoms with E-state index in [9.17, 15) is 9.59 Å². The molecule has 8 nitrogen and oxygen atoms in total. The van der Waals surface area contributed by atoms with E-state index in [-0.39, 0.29) is 16.7 Å². The molecule has 4 rings (SSSR count). The fourth-order valence-corrected chi connectivity index (χ4v) is 3.56. The third-order valence-electron chi connectivity index (χ3n) is 3.51. The summed E-state index contributed by atoms with van der Waals surface area (Å²) in [6.07, 6.45) is 2.90. The summed E-state index contributed by atoms with van der Waals surface area (Å²) in [4.78, 5) is 30.4. The summed E-state index contributed by atoms with van der Waals surface area (Å²) in [6, 6.07) is 3.11. The molecular formula is C16H10BrCl3N6O2. The summed E-state index contributed by atoms with van der Waals surface area (Å²) in [5.41, 5.74) is 1.80. The molecule has 4 heterocycles. The van der Waals surface area contributed by atoms with Gasteiger partial charge in [-0.1, -0.05) is 34.8 Å².